The topological polar surface area (TPSA) is 83.6 Å². The Hall–Kier alpha value is -2.09. The number of aromatic carboxylic acids is 1. The number of likely N-dealkylation sites (N-methyl/N-ethyl adjacent to an activating group) is 1. The first-order valence-corrected chi connectivity index (χ1v) is 8.70. The largest absolute Gasteiger partial charge is 0.491 e. The Bertz CT molecular complexity index is 854. The summed E-state index contributed by atoms with van der Waals surface area (Å²) in [5.41, 5.74) is 2.10. The lowest BCUT2D eigenvalue weighted by Crippen LogP contribution is -2.41. The molecule has 2 aromatic rings. The summed E-state index contributed by atoms with van der Waals surface area (Å²) in [4.78, 5) is 14.4. The Morgan fingerprint density at radius 3 is 2.50 bits per heavy atom. The molecule has 7 heteroatoms. The van der Waals surface area contributed by atoms with Crippen LogP contribution in [-0.4, -0.2) is 48.0 Å². The van der Waals surface area contributed by atoms with Gasteiger partial charge in [-0.2, -0.15) is 0 Å². The molecule has 0 spiro atoms. The summed E-state index contributed by atoms with van der Waals surface area (Å²) in [6.07, 6.45) is 3.51. The minimum absolute atomic E-state index is 0.265. The number of rotatable bonds is 5. The van der Waals surface area contributed by atoms with E-state index in [2.05, 4.69) is 10.3 Å². The fraction of sp³-hybridized carbons (Fsp3) is 0.421. The highest BCUT2D eigenvalue weighted by molar-refractivity contribution is 6.56. The van der Waals surface area contributed by atoms with Crippen LogP contribution in [0.25, 0.3) is 17.0 Å². The van der Waals surface area contributed by atoms with Gasteiger partial charge in [0.2, 0.25) is 0 Å². The van der Waals surface area contributed by atoms with Crippen molar-refractivity contribution in [2.75, 3.05) is 13.6 Å². The van der Waals surface area contributed by atoms with Gasteiger partial charge in [-0.1, -0.05) is 12.1 Å². The minimum atomic E-state index is -0.946. The van der Waals surface area contributed by atoms with Gasteiger partial charge in [0.1, 0.15) is 0 Å². The van der Waals surface area contributed by atoms with Crippen molar-refractivity contribution in [3.63, 3.8) is 0 Å². The van der Waals surface area contributed by atoms with Gasteiger partial charge >= 0.3 is 13.1 Å². The molecule has 1 saturated heterocycles. The van der Waals surface area contributed by atoms with E-state index in [9.17, 15) is 9.90 Å². The fourth-order valence-electron chi connectivity index (χ4n) is 3.02. The van der Waals surface area contributed by atoms with Crippen molar-refractivity contribution in [2.24, 2.45) is 0 Å². The zero-order valence-corrected chi connectivity index (χ0v) is 15.8. The van der Waals surface area contributed by atoms with E-state index in [1.54, 1.807) is 0 Å². The molecule has 1 aromatic carbocycles. The van der Waals surface area contributed by atoms with Gasteiger partial charge in [-0.3, -0.25) is 0 Å². The van der Waals surface area contributed by atoms with Crippen molar-refractivity contribution < 1.29 is 19.2 Å². The molecule has 2 heterocycles. The first kappa shape index (κ1) is 18.7. The first-order chi connectivity index (χ1) is 12.1. The summed E-state index contributed by atoms with van der Waals surface area (Å²) in [6.45, 7) is 8.70. The molecule has 3 rings (SSSR count). The van der Waals surface area contributed by atoms with E-state index in [-0.39, 0.29) is 5.56 Å². The zero-order chi connectivity index (χ0) is 19.1. The SMILES string of the molecule is CNCC(=Cc1ccc2[nH]cc(C(=O)O)c2c1)B1OC(C)(C)C(C)(C)O1. The number of aromatic nitrogens is 1. The maximum atomic E-state index is 11.4. The average molecular weight is 356 g/mol. The molecular weight excluding hydrogens is 331 g/mol. The number of hydrogen-bond acceptors (Lipinski definition) is 4. The van der Waals surface area contributed by atoms with Gasteiger partial charge in [0, 0.05) is 23.6 Å². The van der Waals surface area contributed by atoms with Crippen LogP contribution in [0, 0.1) is 0 Å². The number of benzene rings is 1. The van der Waals surface area contributed by atoms with E-state index in [1.807, 2.05) is 59.0 Å². The van der Waals surface area contributed by atoms with Crippen LogP contribution in [0.2, 0.25) is 0 Å². The predicted molar refractivity (Wildman–Crippen MR) is 103 cm³/mol. The molecule has 26 heavy (non-hydrogen) atoms. The van der Waals surface area contributed by atoms with Crippen LogP contribution >= 0.6 is 0 Å². The van der Waals surface area contributed by atoms with Gasteiger partial charge in [-0.25, -0.2) is 4.79 Å². The Kier molecular flexibility index (Phi) is 4.73. The molecule has 138 valence electrons. The highest BCUT2D eigenvalue weighted by Crippen LogP contribution is 2.38. The second-order valence-electron chi connectivity index (χ2n) is 7.65. The van der Waals surface area contributed by atoms with Crippen LogP contribution in [0.3, 0.4) is 0 Å². The molecule has 0 unspecified atom stereocenters. The van der Waals surface area contributed by atoms with Crippen molar-refractivity contribution in [2.45, 2.75) is 38.9 Å². The molecule has 0 bridgehead atoms. The Morgan fingerprint density at radius 1 is 1.27 bits per heavy atom. The van der Waals surface area contributed by atoms with Crippen molar-refractivity contribution in [3.05, 3.63) is 41.0 Å². The second kappa shape index (κ2) is 6.57. The summed E-state index contributed by atoms with van der Waals surface area (Å²) in [7, 11) is 1.42. The third-order valence-electron chi connectivity index (χ3n) is 5.23. The summed E-state index contributed by atoms with van der Waals surface area (Å²) >= 11 is 0. The summed E-state index contributed by atoms with van der Waals surface area (Å²) in [5, 5.41) is 13.2. The number of carbonyl (C=O) groups is 1. The lowest BCUT2D eigenvalue weighted by molar-refractivity contribution is 0.00578. The fourth-order valence-corrected chi connectivity index (χ4v) is 3.02. The quantitative estimate of drug-likeness (QED) is 0.717. The molecule has 1 aromatic heterocycles. The Morgan fingerprint density at radius 2 is 1.92 bits per heavy atom. The lowest BCUT2D eigenvalue weighted by atomic mass is 9.77. The molecule has 1 aliphatic heterocycles. The number of nitrogens with one attached hydrogen (secondary N) is 2. The third-order valence-corrected chi connectivity index (χ3v) is 5.23. The monoisotopic (exact) mass is 356 g/mol. The van der Waals surface area contributed by atoms with Crippen LogP contribution in [0.4, 0.5) is 0 Å². The number of carboxylic acids is 1. The molecule has 0 amide bonds. The second-order valence-corrected chi connectivity index (χ2v) is 7.65. The van der Waals surface area contributed by atoms with Gasteiger partial charge in [-0.05, 0) is 57.9 Å². The number of fused-ring (bicyclic) bond motifs is 1. The van der Waals surface area contributed by atoms with E-state index >= 15 is 0 Å². The summed E-state index contributed by atoms with van der Waals surface area (Å²) in [6, 6.07) is 5.70. The minimum Gasteiger partial charge on any atom is -0.478 e. The summed E-state index contributed by atoms with van der Waals surface area (Å²) < 4.78 is 12.3. The average Bonchev–Trinajstić information content (AvgIpc) is 3.05. The number of carboxylic acid groups (broad SMARTS) is 1. The van der Waals surface area contributed by atoms with Crippen LogP contribution in [-0.2, 0) is 9.31 Å². The number of hydrogen-bond donors (Lipinski definition) is 3. The molecule has 6 nitrogen and oxygen atoms in total. The van der Waals surface area contributed by atoms with E-state index in [0.29, 0.717) is 11.9 Å². The molecule has 0 radical (unpaired) electrons. The highest BCUT2D eigenvalue weighted by Gasteiger charge is 2.52. The highest BCUT2D eigenvalue weighted by atomic mass is 16.7. The maximum absolute atomic E-state index is 11.4. The number of aromatic amines is 1. The predicted octanol–water partition coefficient (Wildman–Crippen LogP) is 3.10. The molecular formula is C19H25BN2O4. The van der Waals surface area contributed by atoms with Gasteiger partial charge in [0.25, 0.3) is 0 Å². The smallest absolute Gasteiger partial charge is 0.478 e. The molecule has 1 aliphatic rings. The van der Waals surface area contributed by atoms with Crippen LogP contribution in [0.5, 0.6) is 0 Å². The third kappa shape index (κ3) is 3.30. The van der Waals surface area contributed by atoms with Crippen molar-refractivity contribution in [3.8, 4) is 0 Å². The zero-order valence-electron chi connectivity index (χ0n) is 15.8. The van der Waals surface area contributed by atoms with Gasteiger partial charge in [0.05, 0.1) is 16.8 Å². The molecule has 0 atom stereocenters. The Labute approximate surface area is 153 Å². The molecule has 1 fully saturated rings. The van der Waals surface area contributed by atoms with Crippen molar-refractivity contribution in [1.82, 2.24) is 10.3 Å². The van der Waals surface area contributed by atoms with E-state index in [0.717, 1.165) is 16.6 Å². The van der Waals surface area contributed by atoms with Crippen molar-refractivity contribution in [1.29, 1.82) is 0 Å². The van der Waals surface area contributed by atoms with Gasteiger partial charge in [0.15, 0.2) is 0 Å². The molecule has 0 aliphatic carbocycles. The first-order valence-electron chi connectivity index (χ1n) is 8.70. The van der Waals surface area contributed by atoms with E-state index in [4.69, 9.17) is 9.31 Å². The normalized spacial score (nSPS) is 19.3. The van der Waals surface area contributed by atoms with Crippen LogP contribution in [0.1, 0.15) is 43.6 Å². The van der Waals surface area contributed by atoms with Crippen molar-refractivity contribution >= 4 is 30.1 Å². The molecule has 3 N–H and O–H groups in total. The van der Waals surface area contributed by atoms with Gasteiger partial charge < -0.3 is 24.7 Å². The Balaban J connectivity index is 1.98. The van der Waals surface area contributed by atoms with Crippen LogP contribution < -0.4 is 5.32 Å². The lowest BCUT2D eigenvalue weighted by Gasteiger charge is -2.32. The number of H-pyrrole nitrogens is 1. The molecule has 0 saturated carbocycles. The summed E-state index contributed by atoms with van der Waals surface area (Å²) in [5.74, 6) is -0.946. The van der Waals surface area contributed by atoms with Crippen LogP contribution in [0.15, 0.2) is 29.9 Å². The van der Waals surface area contributed by atoms with E-state index < -0.39 is 24.3 Å². The van der Waals surface area contributed by atoms with E-state index in [1.165, 1.54) is 6.20 Å². The standard InChI is InChI=1S/C19H25BN2O4/c1-18(2)19(3,4)26-20(25-18)13(10-21-5)8-12-6-7-16-14(9-12)15(11-22-16)17(23)24/h6-9,11,21-22H,10H2,1-5H3,(H,23,24). The maximum Gasteiger partial charge on any atom is 0.491 e. The van der Waals surface area contributed by atoms with Gasteiger partial charge in [-0.15, -0.1) is 0 Å².